The molecule has 0 spiro atoms. The quantitative estimate of drug-likeness (QED) is 0.588. The first-order chi connectivity index (χ1) is 15.1. The van der Waals surface area contributed by atoms with Gasteiger partial charge >= 0.3 is 0 Å². The minimum Gasteiger partial charge on any atom is -0.454 e. The van der Waals surface area contributed by atoms with Crippen LogP contribution < -0.4 is 9.47 Å². The summed E-state index contributed by atoms with van der Waals surface area (Å²) in [5.74, 6) is 1.45. The van der Waals surface area contributed by atoms with Crippen LogP contribution in [0.1, 0.15) is 30.4 Å². The number of amides is 1. The molecular weight excluding hydrogens is 398 g/mol. The van der Waals surface area contributed by atoms with Gasteiger partial charge in [-0.25, -0.2) is 0 Å². The van der Waals surface area contributed by atoms with Gasteiger partial charge in [-0.05, 0) is 29.7 Å². The summed E-state index contributed by atoms with van der Waals surface area (Å²) in [6.45, 7) is 1.55. The molecule has 1 saturated heterocycles. The number of nitrogens with zero attached hydrogens (tertiary/aromatic N) is 1. The third-order valence-corrected chi connectivity index (χ3v) is 6.04. The fourth-order valence-electron chi connectivity index (χ4n) is 4.30. The molecule has 2 atom stereocenters. The van der Waals surface area contributed by atoms with Crippen molar-refractivity contribution in [3.63, 3.8) is 0 Å². The number of fused-ring (bicyclic) bond motifs is 1. The fourth-order valence-corrected chi connectivity index (χ4v) is 4.30. The summed E-state index contributed by atoms with van der Waals surface area (Å²) >= 11 is 0. The van der Waals surface area contributed by atoms with Crippen molar-refractivity contribution in [3.8, 4) is 11.5 Å². The second-order valence-corrected chi connectivity index (χ2v) is 7.87. The summed E-state index contributed by atoms with van der Waals surface area (Å²) in [5, 5.41) is 11.0. The number of aliphatic hydroxyl groups excluding tert-OH is 1. The average molecular weight is 427 g/mol. The van der Waals surface area contributed by atoms with Gasteiger partial charge in [0.1, 0.15) is 6.10 Å². The predicted molar refractivity (Wildman–Crippen MR) is 114 cm³/mol. The fraction of sp³-hybridized carbons (Fsp3) is 0.458. The first kappa shape index (κ1) is 21.6. The van der Waals surface area contributed by atoms with Gasteiger partial charge in [-0.3, -0.25) is 4.79 Å². The van der Waals surface area contributed by atoms with Crippen molar-refractivity contribution in [3.05, 3.63) is 59.7 Å². The van der Waals surface area contributed by atoms with E-state index in [1.807, 2.05) is 48.5 Å². The van der Waals surface area contributed by atoms with E-state index in [1.165, 1.54) is 0 Å². The number of rotatable bonds is 10. The normalized spacial score (nSPS) is 21.0. The predicted octanol–water partition coefficient (Wildman–Crippen LogP) is 2.89. The second kappa shape index (κ2) is 9.68. The monoisotopic (exact) mass is 427 g/mol. The molecule has 2 heterocycles. The van der Waals surface area contributed by atoms with Crippen LogP contribution >= 0.6 is 0 Å². The number of likely N-dealkylation sites (tertiary alicyclic amines) is 1. The number of carbonyl (C=O) groups is 1. The molecule has 0 bridgehead atoms. The lowest BCUT2D eigenvalue weighted by Gasteiger charge is -2.41. The molecule has 1 N–H and O–H groups in total. The molecule has 0 aromatic heterocycles. The van der Waals surface area contributed by atoms with Crippen molar-refractivity contribution in [1.29, 1.82) is 0 Å². The number of aliphatic hydroxyl groups is 1. The number of carbonyl (C=O) groups excluding carboxylic acids is 1. The molecule has 2 unspecified atom stereocenters. The van der Waals surface area contributed by atoms with E-state index in [9.17, 15) is 9.90 Å². The van der Waals surface area contributed by atoms with Gasteiger partial charge in [-0.1, -0.05) is 36.4 Å². The molecule has 0 radical (unpaired) electrons. The molecule has 2 aromatic carbocycles. The van der Waals surface area contributed by atoms with E-state index in [2.05, 4.69) is 0 Å². The van der Waals surface area contributed by atoms with Crippen LogP contribution in [0.2, 0.25) is 0 Å². The van der Waals surface area contributed by atoms with Crippen molar-refractivity contribution in [1.82, 2.24) is 4.90 Å². The zero-order valence-electron chi connectivity index (χ0n) is 17.8. The first-order valence-corrected chi connectivity index (χ1v) is 10.7. The summed E-state index contributed by atoms with van der Waals surface area (Å²) in [6, 6.07) is 15.7. The number of ether oxygens (including phenoxy) is 4. The van der Waals surface area contributed by atoms with Crippen molar-refractivity contribution in [2.75, 3.05) is 27.1 Å². The minimum atomic E-state index is -1.02. The summed E-state index contributed by atoms with van der Waals surface area (Å²) < 4.78 is 22.3. The highest BCUT2D eigenvalue weighted by molar-refractivity contribution is 5.79. The average Bonchev–Trinajstić information content (AvgIpc) is 3.40. The molecule has 7 nitrogen and oxygen atoms in total. The Balaban J connectivity index is 1.35. The topological polar surface area (TPSA) is 77.5 Å². The van der Waals surface area contributed by atoms with Crippen LogP contribution in [-0.4, -0.2) is 54.8 Å². The van der Waals surface area contributed by atoms with E-state index in [0.717, 1.165) is 22.6 Å². The summed E-state index contributed by atoms with van der Waals surface area (Å²) in [5.41, 5.74) is 1.10. The number of hydrogen-bond donors (Lipinski definition) is 1. The zero-order chi connectivity index (χ0) is 21.7. The molecule has 0 saturated carbocycles. The van der Waals surface area contributed by atoms with Gasteiger partial charge in [0.2, 0.25) is 12.7 Å². The van der Waals surface area contributed by atoms with Gasteiger partial charge in [-0.15, -0.1) is 0 Å². The molecule has 2 aromatic rings. The van der Waals surface area contributed by atoms with Crippen LogP contribution in [0, 0.1) is 0 Å². The Morgan fingerprint density at radius 3 is 2.74 bits per heavy atom. The number of hydrogen-bond acceptors (Lipinski definition) is 6. The maximum Gasteiger partial charge on any atom is 0.231 e. The molecule has 31 heavy (non-hydrogen) atoms. The van der Waals surface area contributed by atoms with Crippen LogP contribution in [0.25, 0.3) is 0 Å². The molecule has 2 aliphatic heterocycles. The Bertz CT molecular complexity index is 889. The summed E-state index contributed by atoms with van der Waals surface area (Å²) in [7, 11) is 1.56. The Morgan fingerprint density at radius 1 is 1.13 bits per heavy atom. The van der Waals surface area contributed by atoms with Crippen LogP contribution in [0.15, 0.2) is 48.5 Å². The molecular formula is C24H29NO6. The van der Waals surface area contributed by atoms with Gasteiger partial charge < -0.3 is 29.0 Å². The van der Waals surface area contributed by atoms with E-state index in [1.54, 1.807) is 12.0 Å². The largest absolute Gasteiger partial charge is 0.454 e. The highest BCUT2D eigenvalue weighted by Crippen LogP contribution is 2.37. The zero-order valence-corrected chi connectivity index (χ0v) is 17.8. The molecule has 4 rings (SSSR count). The Hall–Kier alpha value is -2.61. The van der Waals surface area contributed by atoms with Gasteiger partial charge in [0.05, 0.1) is 6.61 Å². The molecule has 1 amide bonds. The third-order valence-electron chi connectivity index (χ3n) is 6.04. The number of benzene rings is 2. The summed E-state index contributed by atoms with van der Waals surface area (Å²) in [6.07, 6.45) is 0.996. The lowest BCUT2D eigenvalue weighted by Crippen LogP contribution is -2.56. The minimum absolute atomic E-state index is 0.00755. The van der Waals surface area contributed by atoms with Crippen LogP contribution in [0.3, 0.4) is 0 Å². The standard InChI is InChI=1S/C24H29NO6/c1-28-24(22(26)11-14-29-16-19-5-3-2-4-6-19)12-9-23(27)25(24)13-10-18-7-8-20-21(15-18)31-17-30-20/h2-8,15,22,26H,9-14,16-17H2,1H3. The molecule has 2 aliphatic rings. The Kier molecular flexibility index (Phi) is 6.75. The van der Waals surface area contributed by atoms with Crippen LogP contribution in [-0.2, 0) is 27.3 Å². The molecule has 0 aliphatic carbocycles. The van der Waals surface area contributed by atoms with Gasteiger partial charge in [0.25, 0.3) is 0 Å². The number of methoxy groups -OCH3 is 1. The van der Waals surface area contributed by atoms with Gasteiger partial charge in [0.15, 0.2) is 17.2 Å². The second-order valence-electron chi connectivity index (χ2n) is 7.87. The highest BCUT2D eigenvalue weighted by atomic mass is 16.7. The Morgan fingerprint density at radius 2 is 1.94 bits per heavy atom. The molecule has 1 fully saturated rings. The van der Waals surface area contributed by atoms with E-state index in [-0.39, 0.29) is 12.7 Å². The lowest BCUT2D eigenvalue weighted by atomic mass is 10.00. The van der Waals surface area contributed by atoms with Crippen LogP contribution in [0.4, 0.5) is 0 Å². The molecule has 7 heteroatoms. The molecule has 166 valence electrons. The van der Waals surface area contributed by atoms with Crippen molar-refractivity contribution < 1.29 is 28.8 Å². The highest BCUT2D eigenvalue weighted by Gasteiger charge is 2.50. The Labute approximate surface area is 182 Å². The van der Waals surface area contributed by atoms with E-state index >= 15 is 0 Å². The maximum absolute atomic E-state index is 12.6. The third kappa shape index (κ3) is 4.69. The van der Waals surface area contributed by atoms with Crippen molar-refractivity contribution in [2.24, 2.45) is 0 Å². The van der Waals surface area contributed by atoms with E-state index < -0.39 is 11.8 Å². The van der Waals surface area contributed by atoms with Crippen LogP contribution in [0.5, 0.6) is 11.5 Å². The lowest BCUT2D eigenvalue weighted by molar-refractivity contribution is -0.191. The van der Waals surface area contributed by atoms with Gasteiger partial charge in [0, 0.05) is 39.5 Å². The van der Waals surface area contributed by atoms with E-state index in [0.29, 0.717) is 45.4 Å². The van der Waals surface area contributed by atoms with Crippen molar-refractivity contribution >= 4 is 5.91 Å². The van der Waals surface area contributed by atoms with Crippen molar-refractivity contribution in [2.45, 2.75) is 44.1 Å². The van der Waals surface area contributed by atoms with Gasteiger partial charge in [-0.2, -0.15) is 0 Å². The first-order valence-electron chi connectivity index (χ1n) is 10.7. The SMILES string of the molecule is COC1(C(O)CCOCc2ccccc2)CCC(=O)N1CCc1ccc2c(c1)OCO2. The maximum atomic E-state index is 12.6. The van der Waals surface area contributed by atoms with E-state index in [4.69, 9.17) is 18.9 Å². The summed E-state index contributed by atoms with van der Waals surface area (Å²) in [4.78, 5) is 14.3. The smallest absolute Gasteiger partial charge is 0.231 e.